The summed E-state index contributed by atoms with van der Waals surface area (Å²) < 4.78 is 6.24. The lowest BCUT2D eigenvalue weighted by Gasteiger charge is -2.27. The normalized spacial score (nSPS) is 13.5. The second-order valence-corrected chi connectivity index (χ2v) is 13.4. The van der Waals surface area contributed by atoms with Crippen molar-refractivity contribution in [2.45, 2.75) is 19.3 Å². The molecule has 10 rings (SSSR count). The average molecular weight is 602 g/mol. The zero-order chi connectivity index (χ0) is 31.3. The van der Waals surface area contributed by atoms with Gasteiger partial charge in [0, 0.05) is 33.2 Å². The number of para-hydroxylation sites is 1. The third-order valence-electron chi connectivity index (χ3n) is 10.4. The number of fused-ring (bicyclic) bond motifs is 11. The molecule has 222 valence electrons. The average Bonchev–Trinajstić information content (AvgIpc) is 3.59. The maximum absolute atomic E-state index is 6.24. The molecule has 0 fully saturated rings. The summed E-state index contributed by atoms with van der Waals surface area (Å²) in [6.45, 7) is 4.68. The standard InChI is InChI=1S/C45H31NO/c1-45(2)40-13-7-5-11-36(40)38-26-32(20-23-41(38)45)46(33-21-24-43-39(27-33)37-12-6-8-14-42(37)47-43)31-19-22-35-30(25-31)18-17-29-16-15-28-9-3-4-10-34(28)44(29)35/h3-27H,1-2H3. The van der Waals surface area contributed by atoms with E-state index in [-0.39, 0.29) is 5.41 Å². The predicted octanol–water partition coefficient (Wildman–Crippen LogP) is 12.8. The Bertz CT molecular complexity index is 2730. The molecule has 0 bridgehead atoms. The molecule has 0 amide bonds. The van der Waals surface area contributed by atoms with E-state index < -0.39 is 0 Å². The van der Waals surface area contributed by atoms with E-state index in [2.05, 4.69) is 158 Å². The van der Waals surface area contributed by atoms with E-state index >= 15 is 0 Å². The fraction of sp³-hybridized carbons (Fsp3) is 0.0667. The Labute approximate surface area is 273 Å². The van der Waals surface area contributed by atoms with Gasteiger partial charge in [0.15, 0.2) is 0 Å². The molecule has 1 aliphatic carbocycles. The van der Waals surface area contributed by atoms with Crippen molar-refractivity contribution in [2.24, 2.45) is 0 Å². The summed E-state index contributed by atoms with van der Waals surface area (Å²) in [6.07, 6.45) is 0. The summed E-state index contributed by atoms with van der Waals surface area (Å²) in [4.78, 5) is 2.40. The van der Waals surface area contributed by atoms with E-state index in [1.54, 1.807) is 0 Å². The van der Waals surface area contributed by atoms with Crippen molar-refractivity contribution < 1.29 is 4.42 Å². The molecular formula is C45H31NO. The first-order valence-corrected chi connectivity index (χ1v) is 16.3. The Morgan fingerprint density at radius 2 is 1.04 bits per heavy atom. The minimum absolute atomic E-state index is 0.0450. The molecule has 1 aliphatic rings. The molecule has 0 unspecified atom stereocenters. The molecule has 0 aliphatic heterocycles. The molecule has 1 aromatic heterocycles. The molecular weight excluding hydrogens is 571 g/mol. The van der Waals surface area contributed by atoms with Gasteiger partial charge in [-0.3, -0.25) is 0 Å². The van der Waals surface area contributed by atoms with Gasteiger partial charge in [0.05, 0.1) is 0 Å². The van der Waals surface area contributed by atoms with E-state index in [1.165, 1.54) is 54.6 Å². The van der Waals surface area contributed by atoms with Crippen molar-refractivity contribution in [1.29, 1.82) is 0 Å². The molecule has 0 spiro atoms. The Morgan fingerprint density at radius 1 is 0.426 bits per heavy atom. The number of benzene rings is 8. The molecule has 0 atom stereocenters. The van der Waals surface area contributed by atoms with Crippen LogP contribution in [0.15, 0.2) is 156 Å². The molecule has 0 N–H and O–H groups in total. The lowest BCUT2D eigenvalue weighted by molar-refractivity contribution is 0.660. The summed E-state index contributed by atoms with van der Waals surface area (Å²) in [7, 11) is 0. The van der Waals surface area contributed by atoms with Crippen LogP contribution in [-0.2, 0) is 5.41 Å². The highest BCUT2D eigenvalue weighted by Crippen LogP contribution is 2.51. The summed E-state index contributed by atoms with van der Waals surface area (Å²) in [5, 5.41) is 9.86. The van der Waals surface area contributed by atoms with Crippen LogP contribution < -0.4 is 4.90 Å². The van der Waals surface area contributed by atoms with Crippen LogP contribution in [0, 0.1) is 0 Å². The second-order valence-electron chi connectivity index (χ2n) is 13.4. The zero-order valence-electron chi connectivity index (χ0n) is 26.3. The largest absolute Gasteiger partial charge is 0.456 e. The molecule has 0 saturated heterocycles. The Balaban J connectivity index is 1.22. The number of anilines is 3. The number of hydrogen-bond acceptors (Lipinski definition) is 2. The van der Waals surface area contributed by atoms with E-state index in [1.807, 2.05) is 12.1 Å². The Kier molecular flexibility index (Phi) is 5.37. The van der Waals surface area contributed by atoms with E-state index in [9.17, 15) is 0 Å². The van der Waals surface area contributed by atoms with Gasteiger partial charge < -0.3 is 9.32 Å². The maximum atomic E-state index is 6.24. The summed E-state index contributed by atoms with van der Waals surface area (Å²) in [5.41, 5.74) is 10.5. The molecule has 0 radical (unpaired) electrons. The highest BCUT2D eigenvalue weighted by atomic mass is 16.3. The molecule has 2 nitrogen and oxygen atoms in total. The lowest BCUT2D eigenvalue weighted by Crippen LogP contribution is -2.15. The van der Waals surface area contributed by atoms with Gasteiger partial charge in [-0.2, -0.15) is 0 Å². The third-order valence-corrected chi connectivity index (χ3v) is 10.4. The summed E-state index contributed by atoms with van der Waals surface area (Å²) in [6, 6.07) is 55.4. The quantitative estimate of drug-likeness (QED) is 0.187. The first-order chi connectivity index (χ1) is 23.0. The van der Waals surface area contributed by atoms with Gasteiger partial charge in [-0.25, -0.2) is 0 Å². The van der Waals surface area contributed by atoms with E-state index in [4.69, 9.17) is 4.42 Å². The van der Waals surface area contributed by atoms with Gasteiger partial charge in [0.2, 0.25) is 0 Å². The summed E-state index contributed by atoms with van der Waals surface area (Å²) in [5.74, 6) is 0. The van der Waals surface area contributed by atoms with Gasteiger partial charge in [-0.05, 0) is 103 Å². The molecule has 9 aromatic rings. The van der Waals surface area contributed by atoms with Gasteiger partial charge >= 0.3 is 0 Å². The van der Waals surface area contributed by atoms with Crippen molar-refractivity contribution in [3.05, 3.63) is 163 Å². The monoisotopic (exact) mass is 601 g/mol. The molecule has 47 heavy (non-hydrogen) atoms. The fourth-order valence-electron chi connectivity index (χ4n) is 8.11. The molecule has 1 heterocycles. The van der Waals surface area contributed by atoms with Gasteiger partial charge in [-0.15, -0.1) is 0 Å². The van der Waals surface area contributed by atoms with Gasteiger partial charge in [0.1, 0.15) is 11.2 Å². The van der Waals surface area contributed by atoms with Gasteiger partial charge in [0.25, 0.3) is 0 Å². The van der Waals surface area contributed by atoms with Crippen LogP contribution >= 0.6 is 0 Å². The van der Waals surface area contributed by atoms with Crippen molar-refractivity contribution in [3.63, 3.8) is 0 Å². The van der Waals surface area contributed by atoms with E-state index in [0.717, 1.165) is 39.0 Å². The fourth-order valence-corrected chi connectivity index (χ4v) is 8.11. The number of rotatable bonds is 3. The zero-order valence-corrected chi connectivity index (χ0v) is 26.3. The number of furan rings is 1. The third kappa shape index (κ3) is 3.79. The van der Waals surface area contributed by atoms with Gasteiger partial charge in [-0.1, -0.05) is 117 Å². The van der Waals surface area contributed by atoms with Crippen molar-refractivity contribution in [1.82, 2.24) is 0 Å². The van der Waals surface area contributed by atoms with Crippen molar-refractivity contribution in [3.8, 4) is 11.1 Å². The minimum Gasteiger partial charge on any atom is -0.456 e. The highest BCUT2D eigenvalue weighted by Gasteiger charge is 2.35. The van der Waals surface area contributed by atoms with Crippen molar-refractivity contribution in [2.75, 3.05) is 4.90 Å². The van der Waals surface area contributed by atoms with E-state index in [0.29, 0.717) is 0 Å². The first-order valence-electron chi connectivity index (χ1n) is 16.3. The molecule has 8 aromatic carbocycles. The lowest BCUT2D eigenvalue weighted by atomic mass is 9.82. The van der Waals surface area contributed by atoms with Crippen LogP contribution in [0.3, 0.4) is 0 Å². The first kappa shape index (κ1) is 26.4. The van der Waals surface area contributed by atoms with Crippen LogP contribution in [-0.4, -0.2) is 0 Å². The smallest absolute Gasteiger partial charge is 0.135 e. The number of nitrogens with zero attached hydrogens (tertiary/aromatic N) is 1. The van der Waals surface area contributed by atoms with Crippen LogP contribution in [0.2, 0.25) is 0 Å². The molecule has 2 heteroatoms. The predicted molar refractivity (Wildman–Crippen MR) is 198 cm³/mol. The van der Waals surface area contributed by atoms with Crippen LogP contribution in [0.1, 0.15) is 25.0 Å². The molecule has 0 saturated carbocycles. The maximum Gasteiger partial charge on any atom is 0.135 e. The van der Waals surface area contributed by atoms with Crippen LogP contribution in [0.4, 0.5) is 17.1 Å². The van der Waals surface area contributed by atoms with Crippen molar-refractivity contribution >= 4 is 71.3 Å². The second kappa shape index (κ2) is 9.57. The summed E-state index contributed by atoms with van der Waals surface area (Å²) >= 11 is 0. The Hall–Kier alpha value is -5.86. The Morgan fingerprint density at radius 3 is 1.96 bits per heavy atom. The number of hydrogen-bond donors (Lipinski definition) is 0. The SMILES string of the molecule is CC1(C)c2ccccc2-c2cc(N(c3ccc4c(ccc5ccc6ccccc6c54)c3)c3ccc4oc5ccccc5c4c3)ccc21. The van der Waals surface area contributed by atoms with Crippen LogP contribution in [0.25, 0.3) is 65.4 Å². The topological polar surface area (TPSA) is 16.4 Å². The van der Waals surface area contributed by atoms with Crippen LogP contribution in [0.5, 0.6) is 0 Å². The highest BCUT2D eigenvalue weighted by molar-refractivity contribution is 6.20. The minimum atomic E-state index is -0.0450.